The first-order valence-electron chi connectivity index (χ1n) is 9.30. The van der Waals surface area contributed by atoms with E-state index in [1.807, 2.05) is 36.4 Å². The number of rotatable bonds is 4. The third kappa shape index (κ3) is 3.89. The number of furan rings is 1. The number of amides is 3. The van der Waals surface area contributed by atoms with Crippen molar-refractivity contribution >= 4 is 34.9 Å². The maximum absolute atomic E-state index is 12.6. The molecule has 2 aliphatic heterocycles. The molecular weight excluding hydrogens is 376 g/mol. The van der Waals surface area contributed by atoms with Gasteiger partial charge in [0.25, 0.3) is 11.1 Å². The first-order chi connectivity index (χ1) is 13.6. The van der Waals surface area contributed by atoms with Crippen LogP contribution >= 0.6 is 11.8 Å². The minimum atomic E-state index is -0.446. The SMILES string of the molecule is O=C(CN1C(=O)S/C(=C\c2ccc(-c3ccccc3)o2)C1=O)N1CCCCC1. The van der Waals surface area contributed by atoms with Crippen LogP contribution in [0.4, 0.5) is 4.79 Å². The van der Waals surface area contributed by atoms with Gasteiger partial charge in [0.05, 0.1) is 4.91 Å². The molecule has 7 heteroatoms. The summed E-state index contributed by atoms with van der Waals surface area (Å²) in [7, 11) is 0. The molecule has 0 atom stereocenters. The molecule has 2 saturated heterocycles. The van der Waals surface area contributed by atoms with Gasteiger partial charge in [-0.25, -0.2) is 0 Å². The van der Waals surface area contributed by atoms with Crippen molar-refractivity contribution in [2.75, 3.05) is 19.6 Å². The van der Waals surface area contributed by atoms with E-state index in [1.165, 1.54) is 0 Å². The summed E-state index contributed by atoms with van der Waals surface area (Å²) in [6.07, 6.45) is 4.61. The Balaban J connectivity index is 1.46. The van der Waals surface area contributed by atoms with Gasteiger partial charge in [0.15, 0.2) is 0 Å². The number of thioether (sulfide) groups is 1. The van der Waals surface area contributed by atoms with Crippen molar-refractivity contribution in [2.45, 2.75) is 19.3 Å². The molecule has 28 heavy (non-hydrogen) atoms. The highest BCUT2D eigenvalue weighted by atomic mass is 32.2. The predicted molar refractivity (Wildman–Crippen MR) is 107 cm³/mol. The van der Waals surface area contributed by atoms with Crippen molar-refractivity contribution in [1.29, 1.82) is 0 Å². The molecule has 3 heterocycles. The lowest BCUT2D eigenvalue weighted by Gasteiger charge is -2.27. The first kappa shape index (κ1) is 18.6. The van der Waals surface area contributed by atoms with Crippen LogP contribution in [0, 0.1) is 0 Å². The maximum Gasteiger partial charge on any atom is 0.294 e. The molecule has 3 amide bonds. The van der Waals surface area contributed by atoms with Crippen molar-refractivity contribution in [1.82, 2.24) is 9.80 Å². The van der Waals surface area contributed by atoms with Crippen molar-refractivity contribution in [3.05, 3.63) is 53.1 Å². The van der Waals surface area contributed by atoms with Gasteiger partial charge in [-0.3, -0.25) is 19.3 Å². The fraction of sp³-hybridized carbons (Fsp3) is 0.286. The Kier molecular flexibility index (Phi) is 5.34. The van der Waals surface area contributed by atoms with E-state index in [9.17, 15) is 14.4 Å². The number of carbonyl (C=O) groups is 3. The average Bonchev–Trinajstić information content (AvgIpc) is 3.30. The number of hydrogen-bond donors (Lipinski definition) is 0. The Hall–Kier alpha value is -2.80. The molecule has 0 saturated carbocycles. The summed E-state index contributed by atoms with van der Waals surface area (Å²) in [4.78, 5) is 40.3. The van der Waals surface area contributed by atoms with E-state index in [2.05, 4.69) is 0 Å². The molecular formula is C21H20N2O4S. The lowest BCUT2D eigenvalue weighted by molar-refractivity contribution is -0.136. The summed E-state index contributed by atoms with van der Waals surface area (Å²) in [5.41, 5.74) is 0.933. The number of carbonyl (C=O) groups excluding carboxylic acids is 3. The van der Waals surface area contributed by atoms with E-state index >= 15 is 0 Å². The number of benzene rings is 1. The Morgan fingerprint density at radius 1 is 1.04 bits per heavy atom. The molecule has 0 bridgehead atoms. The van der Waals surface area contributed by atoms with Gasteiger partial charge < -0.3 is 9.32 Å². The number of imide groups is 1. The van der Waals surface area contributed by atoms with E-state index in [4.69, 9.17) is 4.42 Å². The average molecular weight is 396 g/mol. The summed E-state index contributed by atoms with van der Waals surface area (Å²) in [6, 6.07) is 13.2. The summed E-state index contributed by atoms with van der Waals surface area (Å²) in [5, 5.41) is -0.420. The second-order valence-electron chi connectivity index (χ2n) is 6.78. The highest BCUT2D eigenvalue weighted by Crippen LogP contribution is 2.33. The van der Waals surface area contributed by atoms with Crippen LogP contribution in [-0.4, -0.2) is 46.5 Å². The van der Waals surface area contributed by atoms with E-state index in [0.29, 0.717) is 24.6 Å². The van der Waals surface area contributed by atoms with Crippen LogP contribution in [0.3, 0.4) is 0 Å². The van der Waals surface area contributed by atoms with E-state index < -0.39 is 11.1 Å². The Bertz CT molecular complexity index is 929. The molecule has 0 N–H and O–H groups in total. The molecule has 2 aromatic rings. The Morgan fingerprint density at radius 2 is 1.79 bits per heavy atom. The fourth-order valence-electron chi connectivity index (χ4n) is 3.33. The second kappa shape index (κ2) is 8.06. The molecule has 1 aromatic heterocycles. The number of piperidine rings is 1. The molecule has 4 rings (SSSR count). The molecule has 6 nitrogen and oxygen atoms in total. The molecule has 2 aliphatic rings. The van der Waals surface area contributed by atoms with Gasteiger partial charge in [0.1, 0.15) is 18.1 Å². The predicted octanol–water partition coefficient (Wildman–Crippen LogP) is 4.00. The van der Waals surface area contributed by atoms with Gasteiger partial charge in [-0.05, 0) is 43.2 Å². The summed E-state index contributed by atoms with van der Waals surface area (Å²) in [6.45, 7) is 1.19. The highest BCUT2D eigenvalue weighted by Gasteiger charge is 2.37. The van der Waals surface area contributed by atoms with E-state index in [1.54, 1.807) is 17.0 Å². The van der Waals surface area contributed by atoms with E-state index in [-0.39, 0.29) is 17.4 Å². The van der Waals surface area contributed by atoms with Gasteiger partial charge >= 0.3 is 0 Å². The van der Waals surface area contributed by atoms with Crippen LogP contribution in [0.15, 0.2) is 51.8 Å². The van der Waals surface area contributed by atoms with Gasteiger partial charge in [-0.15, -0.1) is 0 Å². The van der Waals surface area contributed by atoms with Crippen LogP contribution in [-0.2, 0) is 9.59 Å². The summed E-state index contributed by atoms with van der Waals surface area (Å²) in [5.74, 6) is 0.559. The standard InChI is InChI=1S/C21H20N2O4S/c24-19(22-11-5-2-6-12-22)14-23-20(25)18(28-21(23)26)13-16-9-10-17(27-16)15-7-3-1-4-8-15/h1,3-4,7-10,13H,2,5-6,11-12,14H2/b18-13-. The highest BCUT2D eigenvalue weighted by molar-refractivity contribution is 8.18. The van der Waals surface area contributed by atoms with Crippen molar-refractivity contribution < 1.29 is 18.8 Å². The smallest absolute Gasteiger partial charge is 0.294 e. The van der Waals surface area contributed by atoms with Gasteiger partial charge in [-0.2, -0.15) is 0 Å². The molecule has 0 radical (unpaired) electrons. The molecule has 0 spiro atoms. The largest absolute Gasteiger partial charge is 0.457 e. The van der Waals surface area contributed by atoms with Crippen LogP contribution in [0.1, 0.15) is 25.0 Å². The quantitative estimate of drug-likeness (QED) is 0.731. The number of likely N-dealkylation sites (tertiary alicyclic amines) is 1. The van der Waals surface area contributed by atoms with E-state index in [0.717, 1.165) is 41.5 Å². The Labute approximate surface area is 167 Å². The third-order valence-electron chi connectivity index (χ3n) is 4.83. The minimum absolute atomic E-state index is 0.174. The zero-order valence-corrected chi connectivity index (χ0v) is 16.1. The van der Waals surface area contributed by atoms with Crippen LogP contribution < -0.4 is 0 Å². The number of hydrogen-bond acceptors (Lipinski definition) is 5. The van der Waals surface area contributed by atoms with Crippen molar-refractivity contribution in [3.63, 3.8) is 0 Å². The second-order valence-corrected chi connectivity index (χ2v) is 7.77. The lowest BCUT2D eigenvalue weighted by atomic mass is 10.1. The van der Waals surface area contributed by atoms with Crippen molar-refractivity contribution in [3.8, 4) is 11.3 Å². The zero-order valence-electron chi connectivity index (χ0n) is 15.3. The molecule has 0 unspecified atom stereocenters. The van der Waals surface area contributed by atoms with Crippen molar-refractivity contribution in [2.24, 2.45) is 0 Å². The summed E-state index contributed by atoms with van der Waals surface area (Å²) < 4.78 is 5.78. The van der Waals surface area contributed by atoms with Crippen LogP contribution in [0.5, 0.6) is 0 Å². The molecule has 0 aliphatic carbocycles. The molecule has 144 valence electrons. The monoisotopic (exact) mass is 396 g/mol. The first-order valence-corrected chi connectivity index (χ1v) is 10.1. The fourth-order valence-corrected chi connectivity index (χ4v) is 4.15. The zero-order chi connectivity index (χ0) is 19.5. The Morgan fingerprint density at radius 3 is 2.54 bits per heavy atom. The van der Waals surface area contributed by atoms with Crippen LogP contribution in [0.25, 0.3) is 17.4 Å². The molecule has 2 fully saturated rings. The normalized spacial score (nSPS) is 18.9. The van der Waals surface area contributed by atoms with Gasteiger partial charge in [0.2, 0.25) is 5.91 Å². The van der Waals surface area contributed by atoms with Gasteiger partial charge in [0, 0.05) is 24.7 Å². The third-order valence-corrected chi connectivity index (χ3v) is 5.74. The maximum atomic E-state index is 12.6. The minimum Gasteiger partial charge on any atom is -0.457 e. The number of nitrogens with zero attached hydrogens (tertiary/aromatic N) is 2. The van der Waals surface area contributed by atoms with Gasteiger partial charge in [-0.1, -0.05) is 30.3 Å². The lowest BCUT2D eigenvalue weighted by Crippen LogP contribution is -2.44. The topological polar surface area (TPSA) is 70.8 Å². The van der Waals surface area contributed by atoms with Crippen LogP contribution in [0.2, 0.25) is 0 Å². The molecule has 1 aromatic carbocycles. The summed E-state index contributed by atoms with van der Waals surface area (Å²) >= 11 is 0.838.